The Labute approximate surface area is 115 Å². The van der Waals surface area contributed by atoms with Crippen molar-refractivity contribution in [2.75, 3.05) is 23.9 Å². The molecule has 0 saturated heterocycles. The Morgan fingerprint density at radius 1 is 1.50 bits per heavy atom. The smallest absolute Gasteiger partial charge is 0.223 e. The Kier molecular flexibility index (Phi) is 4.29. The molecule has 98 valence electrons. The summed E-state index contributed by atoms with van der Waals surface area (Å²) in [6.07, 6.45) is 3.24. The minimum absolute atomic E-state index is 0.338. The van der Waals surface area contributed by atoms with Crippen molar-refractivity contribution in [3.63, 3.8) is 0 Å². The fraction of sp³-hybridized carbons (Fsp3) is 0.500. The summed E-state index contributed by atoms with van der Waals surface area (Å²) in [5.74, 6) is 1.19. The number of hydrogen-bond donors (Lipinski definition) is 2. The molecule has 0 radical (unpaired) electrons. The maximum Gasteiger partial charge on any atom is 0.223 e. The van der Waals surface area contributed by atoms with Crippen molar-refractivity contribution in [1.29, 1.82) is 0 Å². The number of nitrogen functional groups attached to an aromatic ring is 1. The maximum atomic E-state index is 5.73. The highest BCUT2D eigenvalue weighted by Gasteiger charge is 2.09. The standard InChI is InChI=1S/C12H18N4S2/c1-7(17-3)4-5-14-10-9-6-8(2)18-11(9)16-12(13)15-10/h6-7H,4-5H2,1-3H3,(H3,13,14,15,16). The number of aromatic nitrogens is 2. The van der Waals surface area contributed by atoms with Crippen LogP contribution < -0.4 is 11.1 Å². The highest BCUT2D eigenvalue weighted by molar-refractivity contribution is 7.99. The first kappa shape index (κ1) is 13.4. The number of hydrogen-bond acceptors (Lipinski definition) is 6. The Hall–Kier alpha value is -1.01. The molecule has 2 heterocycles. The summed E-state index contributed by atoms with van der Waals surface area (Å²) in [6.45, 7) is 5.20. The molecule has 2 aromatic heterocycles. The minimum Gasteiger partial charge on any atom is -0.369 e. The van der Waals surface area contributed by atoms with E-state index in [1.807, 2.05) is 11.8 Å². The lowest BCUT2D eigenvalue weighted by atomic mass is 10.3. The zero-order chi connectivity index (χ0) is 13.1. The van der Waals surface area contributed by atoms with Crippen LogP contribution in [0.5, 0.6) is 0 Å². The van der Waals surface area contributed by atoms with Gasteiger partial charge in [-0.15, -0.1) is 11.3 Å². The third-order valence-corrected chi connectivity index (χ3v) is 4.76. The van der Waals surface area contributed by atoms with E-state index in [0.717, 1.165) is 29.0 Å². The zero-order valence-electron chi connectivity index (χ0n) is 10.9. The van der Waals surface area contributed by atoms with Gasteiger partial charge in [0.05, 0.1) is 5.39 Å². The van der Waals surface area contributed by atoms with Gasteiger partial charge in [0.25, 0.3) is 0 Å². The Morgan fingerprint density at radius 2 is 2.28 bits per heavy atom. The lowest BCUT2D eigenvalue weighted by molar-refractivity contribution is 0.851. The second-order valence-corrected chi connectivity index (χ2v) is 6.78. The van der Waals surface area contributed by atoms with E-state index in [-0.39, 0.29) is 0 Å². The molecular weight excluding hydrogens is 264 g/mol. The Morgan fingerprint density at radius 3 is 3.00 bits per heavy atom. The number of aryl methyl sites for hydroxylation is 1. The molecule has 4 nitrogen and oxygen atoms in total. The van der Waals surface area contributed by atoms with E-state index in [1.165, 1.54) is 4.88 Å². The van der Waals surface area contributed by atoms with Crippen LogP contribution in [0.3, 0.4) is 0 Å². The molecule has 0 aliphatic rings. The highest BCUT2D eigenvalue weighted by atomic mass is 32.2. The molecule has 2 aromatic rings. The fourth-order valence-corrected chi connectivity index (χ4v) is 2.94. The van der Waals surface area contributed by atoms with Crippen molar-refractivity contribution < 1.29 is 0 Å². The first-order valence-corrected chi connectivity index (χ1v) is 8.01. The van der Waals surface area contributed by atoms with Gasteiger partial charge in [0, 0.05) is 16.7 Å². The Balaban J connectivity index is 2.16. The largest absolute Gasteiger partial charge is 0.369 e. The van der Waals surface area contributed by atoms with Gasteiger partial charge in [-0.1, -0.05) is 6.92 Å². The Bertz CT molecular complexity index is 538. The van der Waals surface area contributed by atoms with Crippen LogP contribution in [0.15, 0.2) is 6.07 Å². The van der Waals surface area contributed by atoms with Crippen LogP contribution >= 0.6 is 23.1 Å². The third-order valence-electron chi connectivity index (χ3n) is 2.78. The predicted octanol–water partition coefficient (Wildman–Crippen LogP) is 3.14. The fourth-order valence-electron chi connectivity index (χ4n) is 1.70. The number of nitrogens with one attached hydrogen (secondary N) is 1. The molecule has 18 heavy (non-hydrogen) atoms. The minimum atomic E-state index is 0.338. The molecule has 0 spiro atoms. The number of thiophene rings is 1. The van der Waals surface area contributed by atoms with E-state index in [4.69, 9.17) is 5.73 Å². The van der Waals surface area contributed by atoms with Crippen LogP contribution in [0.4, 0.5) is 11.8 Å². The van der Waals surface area contributed by atoms with Crippen LogP contribution in [-0.4, -0.2) is 28.0 Å². The van der Waals surface area contributed by atoms with Gasteiger partial charge in [0.15, 0.2) is 0 Å². The van der Waals surface area contributed by atoms with E-state index in [2.05, 4.69) is 41.5 Å². The molecule has 0 aromatic carbocycles. The van der Waals surface area contributed by atoms with Crippen molar-refractivity contribution in [2.45, 2.75) is 25.5 Å². The summed E-state index contributed by atoms with van der Waals surface area (Å²) >= 11 is 3.52. The molecule has 2 rings (SSSR count). The molecule has 0 aliphatic heterocycles. The molecule has 3 N–H and O–H groups in total. The molecule has 6 heteroatoms. The molecule has 0 fully saturated rings. The first-order chi connectivity index (χ1) is 8.60. The average Bonchev–Trinajstić information content (AvgIpc) is 2.69. The lowest BCUT2D eigenvalue weighted by Crippen LogP contribution is -2.10. The van der Waals surface area contributed by atoms with Gasteiger partial charge < -0.3 is 11.1 Å². The van der Waals surface area contributed by atoms with Crippen molar-refractivity contribution in [2.24, 2.45) is 0 Å². The van der Waals surface area contributed by atoms with Crippen molar-refractivity contribution in [1.82, 2.24) is 9.97 Å². The van der Waals surface area contributed by atoms with Gasteiger partial charge in [-0.05, 0) is 25.7 Å². The summed E-state index contributed by atoms with van der Waals surface area (Å²) in [5.41, 5.74) is 5.73. The van der Waals surface area contributed by atoms with Gasteiger partial charge in [0.1, 0.15) is 10.6 Å². The second kappa shape index (κ2) is 5.75. The highest BCUT2D eigenvalue weighted by Crippen LogP contribution is 2.29. The van der Waals surface area contributed by atoms with E-state index < -0.39 is 0 Å². The van der Waals surface area contributed by atoms with Crippen LogP contribution in [0.2, 0.25) is 0 Å². The quantitative estimate of drug-likeness (QED) is 0.882. The maximum absolute atomic E-state index is 5.73. The van der Waals surface area contributed by atoms with E-state index in [0.29, 0.717) is 11.2 Å². The topological polar surface area (TPSA) is 63.8 Å². The summed E-state index contributed by atoms with van der Waals surface area (Å²) < 4.78 is 0. The third kappa shape index (κ3) is 3.05. The monoisotopic (exact) mass is 282 g/mol. The number of fused-ring (bicyclic) bond motifs is 1. The second-order valence-electron chi connectivity index (χ2n) is 4.27. The van der Waals surface area contributed by atoms with E-state index in [9.17, 15) is 0 Å². The van der Waals surface area contributed by atoms with Gasteiger partial charge in [0.2, 0.25) is 5.95 Å². The van der Waals surface area contributed by atoms with Crippen LogP contribution in [0, 0.1) is 6.92 Å². The predicted molar refractivity (Wildman–Crippen MR) is 82.6 cm³/mol. The summed E-state index contributed by atoms with van der Waals surface area (Å²) in [7, 11) is 0. The number of thioether (sulfide) groups is 1. The molecule has 0 amide bonds. The van der Waals surface area contributed by atoms with Crippen molar-refractivity contribution >= 4 is 45.1 Å². The SMILES string of the molecule is CSC(C)CCNc1nc(N)nc2sc(C)cc12. The lowest BCUT2D eigenvalue weighted by Gasteiger charge is -2.10. The molecule has 0 saturated carbocycles. The summed E-state index contributed by atoms with van der Waals surface area (Å²) in [6, 6.07) is 2.11. The number of rotatable bonds is 5. The number of nitrogens with two attached hydrogens (primary N) is 1. The number of anilines is 2. The molecule has 0 aliphatic carbocycles. The van der Waals surface area contributed by atoms with Crippen molar-refractivity contribution in [3.8, 4) is 0 Å². The molecule has 1 atom stereocenters. The van der Waals surface area contributed by atoms with E-state index >= 15 is 0 Å². The van der Waals surface area contributed by atoms with Crippen molar-refractivity contribution in [3.05, 3.63) is 10.9 Å². The zero-order valence-corrected chi connectivity index (χ0v) is 12.5. The van der Waals surface area contributed by atoms with E-state index in [1.54, 1.807) is 11.3 Å². The number of nitrogens with zero attached hydrogens (tertiary/aromatic N) is 2. The summed E-state index contributed by atoms with van der Waals surface area (Å²) in [4.78, 5) is 10.7. The van der Waals surface area contributed by atoms with Gasteiger partial charge in [-0.3, -0.25) is 0 Å². The summed E-state index contributed by atoms with van der Waals surface area (Å²) in [5, 5.41) is 5.09. The molecule has 1 unspecified atom stereocenters. The van der Waals surface area contributed by atoms with Gasteiger partial charge >= 0.3 is 0 Å². The average molecular weight is 282 g/mol. The molecule has 0 bridgehead atoms. The van der Waals surface area contributed by atoms with Crippen LogP contribution in [0.25, 0.3) is 10.2 Å². The van der Waals surface area contributed by atoms with Crippen LogP contribution in [0.1, 0.15) is 18.2 Å². The normalized spacial score (nSPS) is 12.8. The van der Waals surface area contributed by atoms with Gasteiger partial charge in [-0.2, -0.15) is 16.7 Å². The molecular formula is C12H18N4S2. The van der Waals surface area contributed by atoms with Crippen LogP contribution in [-0.2, 0) is 0 Å². The van der Waals surface area contributed by atoms with Gasteiger partial charge in [-0.25, -0.2) is 4.98 Å². The first-order valence-electron chi connectivity index (χ1n) is 5.90.